The topological polar surface area (TPSA) is 79.8 Å². The predicted molar refractivity (Wildman–Crippen MR) is 89.0 cm³/mol. The number of ether oxygens (including phenoxy) is 2. The molecule has 24 heavy (non-hydrogen) atoms. The van der Waals surface area contributed by atoms with Crippen LogP contribution in [0, 0.1) is 0 Å². The Bertz CT molecular complexity index is 565. The average molecular weight is 335 g/mol. The average Bonchev–Trinajstić information content (AvgIpc) is 3.03. The van der Waals surface area contributed by atoms with Gasteiger partial charge in [-0.1, -0.05) is 0 Å². The summed E-state index contributed by atoms with van der Waals surface area (Å²) in [6.45, 7) is 4.22. The summed E-state index contributed by atoms with van der Waals surface area (Å²) in [5.41, 5.74) is 0.396. The van der Waals surface area contributed by atoms with Gasteiger partial charge in [-0.05, 0) is 20.2 Å². The monoisotopic (exact) mass is 335 g/mol. The van der Waals surface area contributed by atoms with Gasteiger partial charge in [0.2, 0.25) is 5.95 Å². The quantitative estimate of drug-likeness (QED) is 0.818. The van der Waals surface area contributed by atoms with Crippen LogP contribution >= 0.6 is 0 Å². The Morgan fingerprint density at radius 2 is 2.04 bits per heavy atom. The van der Waals surface area contributed by atoms with E-state index in [0.29, 0.717) is 31.4 Å². The Hall–Kier alpha value is -1.77. The molecule has 1 aromatic rings. The maximum Gasteiger partial charge on any atom is 0.270 e. The van der Waals surface area contributed by atoms with E-state index in [1.54, 1.807) is 12.3 Å². The molecule has 0 aromatic carbocycles. The summed E-state index contributed by atoms with van der Waals surface area (Å²) in [4.78, 5) is 25.0. The maximum absolute atomic E-state index is 12.2. The van der Waals surface area contributed by atoms with E-state index in [0.717, 1.165) is 32.5 Å². The van der Waals surface area contributed by atoms with E-state index in [1.807, 2.05) is 19.0 Å². The maximum atomic E-state index is 12.2. The lowest BCUT2D eigenvalue weighted by Gasteiger charge is -2.37. The fourth-order valence-corrected chi connectivity index (χ4v) is 2.94. The van der Waals surface area contributed by atoms with Crippen molar-refractivity contribution in [3.63, 3.8) is 0 Å². The highest BCUT2D eigenvalue weighted by atomic mass is 16.7. The zero-order chi connectivity index (χ0) is 17.0. The fraction of sp³-hybridized carbons (Fsp3) is 0.688. The minimum Gasteiger partial charge on any atom is -0.349 e. The number of nitrogens with zero attached hydrogens (tertiary/aromatic N) is 4. The highest BCUT2D eigenvalue weighted by Gasteiger charge is 2.40. The zero-order valence-electron chi connectivity index (χ0n) is 14.3. The lowest BCUT2D eigenvalue weighted by Crippen LogP contribution is -2.45. The van der Waals surface area contributed by atoms with Crippen LogP contribution in [0.1, 0.15) is 23.3 Å². The van der Waals surface area contributed by atoms with Gasteiger partial charge in [0.1, 0.15) is 5.69 Å². The molecule has 8 nitrogen and oxygen atoms in total. The van der Waals surface area contributed by atoms with Gasteiger partial charge >= 0.3 is 0 Å². The first kappa shape index (κ1) is 17.1. The second-order valence-electron chi connectivity index (χ2n) is 6.40. The number of anilines is 1. The van der Waals surface area contributed by atoms with E-state index in [1.165, 1.54) is 0 Å². The normalized spacial score (nSPS) is 19.9. The van der Waals surface area contributed by atoms with Gasteiger partial charge in [-0.25, -0.2) is 9.97 Å². The van der Waals surface area contributed by atoms with Crippen LogP contribution in [-0.4, -0.2) is 80.1 Å². The molecule has 0 bridgehead atoms. The van der Waals surface area contributed by atoms with E-state index in [9.17, 15) is 4.79 Å². The number of hydrogen-bond acceptors (Lipinski definition) is 7. The van der Waals surface area contributed by atoms with Crippen LogP contribution in [0.2, 0.25) is 0 Å². The van der Waals surface area contributed by atoms with Crippen LogP contribution in [0.25, 0.3) is 0 Å². The van der Waals surface area contributed by atoms with E-state index >= 15 is 0 Å². The van der Waals surface area contributed by atoms with Crippen molar-refractivity contribution in [3.05, 3.63) is 18.0 Å². The van der Waals surface area contributed by atoms with E-state index in [4.69, 9.17) is 9.47 Å². The number of likely N-dealkylation sites (N-methyl/N-ethyl adjacent to an activating group) is 1. The summed E-state index contributed by atoms with van der Waals surface area (Å²) in [5.74, 6) is -0.00274. The molecule has 0 unspecified atom stereocenters. The molecular formula is C16H25N5O3. The van der Waals surface area contributed by atoms with Gasteiger partial charge in [-0.15, -0.1) is 0 Å². The van der Waals surface area contributed by atoms with Crippen molar-refractivity contribution in [2.75, 3.05) is 58.4 Å². The Kier molecular flexibility index (Phi) is 5.27. The van der Waals surface area contributed by atoms with Crippen LogP contribution in [0.15, 0.2) is 12.3 Å². The molecule has 2 saturated heterocycles. The van der Waals surface area contributed by atoms with Gasteiger partial charge in [-0.3, -0.25) is 4.79 Å². The molecule has 0 radical (unpaired) electrons. The summed E-state index contributed by atoms with van der Waals surface area (Å²) >= 11 is 0. The Balaban J connectivity index is 1.58. The Labute approximate surface area is 142 Å². The molecule has 8 heteroatoms. The number of carbonyl (C=O) groups is 1. The first-order valence-corrected chi connectivity index (χ1v) is 8.37. The molecule has 1 spiro atoms. The second kappa shape index (κ2) is 7.42. The first-order valence-electron chi connectivity index (χ1n) is 8.37. The third-order valence-electron chi connectivity index (χ3n) is 4.34. The lowest BCUT2D eigenvalue weighted by atomic mass is 10.0. The second-order valence-corrected chi connectivity index (χ2v) is 6.40. The van der Waals surface area contributed by atoms with Crippen LogP contribution in [0.3, 0.4) is 0 Å². The summed E-state index contributed by atoms with van der Waals surface area (Å²) in [7, 11) is 3.94. The smallest absolute Gasteiger partial charge is 0.270 e. The molecule has 0 saturated carbocycles. The number of carbonyl (C=O) groups excluding carboxylic acids is 1. The van der Waals surface area contributed by atoms with Crippen LogP contribution < -0.4 is 10.2 Å². The molecule has 1 N–H and O–H groups in total. The molecule has 2 aliphatic rings. The van der Waals surface area contributed by atoms with Crippen molar-refractivity contribution in [2.24, 2.45) is 0 Å². The summed E-state index contributed by atoms with van der Waals surface area (Å²) in [6, 6.07) is 1.64. The number of piperidine rings is 1. The Morgan fingerprint density at radius 1 is 1.33 bits per heavy atom. The molecular weight excluding hydrogens is 310 g/mol. The van der Waals surface area contributed by atoms with Gasteiger partial charge in [0.15, 0.2) is 5.79 Å². The molecule has 1 amide bonds. The van der Waals surface area contributed by atoms with Gasteiger partial charge in [0.05, 0.1) is 13.2 Å². The van der Waals surface area contributed by atoms with E-state index < -0.39 is 5.79 Å². The largest absolute Gasteiger partial charge is 0.349 e. The standard InChI is InChI=1S/C16H25N5O3/c1-20(2)10-7-17-14(22)13-3-6-18-15(19-13)21-8-4-16(5-9-21)23-11-12-24-16/h3,6H,4-5,7-12H2,1-2H3,(H,17,22). The SMILES string of the molecule is CN(C)CCNC(=O)c1ccnc(N2CCC3(CC2)OCCO3)n1. The van der Waals surface area contributed by atoms with Gasteiger partial charge < -0.3 is 24.6 Å². The minimum absolute atomic E-state index is 0.170. The highest BCUT2D eigenvalue weighted by molar-refractivity contribution is 5.92. The van der Waals surface area contributed by atoms with E-state index in [-0.39, 0.29) is 5.91 Å². The van der Waals surface area contributed by atoms with Crippen molar-refractivity contribution in [3.8, 4) is 0 Å². The number of nitrogens with one attached hydrogen (secondary N) is 1. The first-order chi connectivity index (χ1) is 11.6. The third kappa shape index (κ3) is 4.00. The number of rotatable bonds is 5. The molecule has 0 aliphatic carbocycles. The predicted octanol–water partition coefficient (Wildman–Crippen LogP) is 0.111. The minimum atomic E-state index is -0.419. The Morgan fingerprint density at radius 3 is 2.71 bits per heavy atom. The summed E-state index contributed by atoms with van der Waals surface area (Å²) in [6.07, 6.45) is 3.21. The highest BCUT2D eigenvalue weighted by Crippen LogP contribution is 2.32. The molecule has 3 heterocycles. The molecule has 2 aliphatic heterocycles. The molecule has 2 fully saturated rings. The van der Waals surface area contributed by atoms with Gasteiger partial charge in [0.25, 0.3) is 5.91 Å². The van der Waals surface area contributed by atoms with Crippen molar-refractivity contribution < 1.29 is 14.3 Å². The van der Waals surface area contributed by atoms with Crippen LogP contribution in [0.5, 0.6) is 0 Å². The van der Waals surface area contributed by atoms with E-state index in [2.05, 4.69) is 20.2 Å². The molecule has 132 valence electrons. The number of amides is 1. The molecule has 1 aromatic heterocycles. The third-order valence-corrected chi connectivity index (χ3v) is 4.34. The van der Waals surface area contributed by atoms with Crippen molar-refractivity contribution in [2.45, 2.75) is 18.6 Å². The van der Waals surface area contributed by atoms with Crippen LogP contribution in [0.4, 0.5) is 5.95 Å². The molecule has 3 rings (SSSR count). The number of aromatic nitrogens is 2. The molecule has 0 atom stereocenters. The zero-order valence-corrected chi connectivity index (χ0v) is 14.3. The van der Waals surface area contributed by atoms with Gasteiger partial charge in [-0.2, -0.15) is 0 Å². The number of hydrogen-bond donors (Lipinski definition) is 1. The fourth-order valence-electron chi connectivity index (χ4n) is 2.94. The van der Waals surface area contributed by atoms with Crippen molar-refractivity contribution in [1.29, 1.82) is 0 Å². The van der Waals surface area contributed by atoms with Gasteiger partial charge in [0, 0.05) is 45.2 Å². The lowest BCUT2D eigenvalue weighted by molar-refractivity contribution is -0.169. The van der Waals surface area contributed by atoms with Crippen molar-refractivity contribution >= 4 is 11.9 Å². The van der Waals surface area contributed by atoms with Crippen LogP contribution in [-0.2, 0) is 9.47 Å². The van der Waals surface area contributed by atoms with Crippen molar-refractivity contribution in [1.82, 2.24) is 20.2 Å². The summed E-state index contributed by atoms with van der Waals surface area (Å²) < 4.78 is 11.5. The summed E-state index contributed by atoms with van der Waals surface area (Å²) in [5, 5.41) is 2.87.